The molecular weight excluding hydrogens is 1160 g/mol. The Morgan fingerprint density at radius 3 is 0.736 bits per heavy atom. The molecule has 0 saturated carbocycles. The fraction of sp³-hybridized carbons (Fsp3) is 0. The van der Waals surface area contributed by atoms with Gasteiger partial charge in [0.2, 0.25) is 0 Å². The summed E-state index contributed by atoms with van der Waals surface area (Å²) >= 11 is 14.6. The zero-order valence-corrected chi connectivity index (χ0v) is 43.7. The number of phenols is 4. The highest BCUT2D eigenvalue weighted by atomic mass is 79.9. The van der Waals surface area contributed by atoms with Gasteiger partial charge in [0, 0.05) is 66.1 Å². The Labute approximate surface area is 444 Å². The van der Waals surface area contributed by atoms with Gasteiger partial charge in [-0.2, -0.15) is 0 Å². The Morgan fingerprint density at radius 1 is 0.292 bits per heavy atom. The zero-order valence-electron chi connectivity index (χ0n) is 37.4. The maximum absolute atomic E-state index is 11.0. The van der Waals surface area contributed by atoms with Gasteiger partial charge in [0.15, 0.2) is 0 Å². The largest absolute Gasteiger partial charge is 0.507 e. The van der Waals surface area contributed by atoms with Gasteiger partial charge in [-0.05, 0) is 135 Å². The molecule has 0 amide bonds. The van der Waals surface area contributed by atoms with Crippen molar-refractivity contribution in [2.45, 2.75) is 0 Å². The van der Waals surface area contributed by atoms with Crippen LogP contribution in [0.15, 0.2) is 188 Å². The van der Waals surface area contributed by atoms with Gasteiger partial charge in [0.05, 0.1) is 62.7 Å². The number of aromatic hydroxyl groups is 4. The van der Waals surface area contributed by atoms with Crippen molar-refractivity contribution in [3.8, 4) is 113 Å². The Morgan fingerprint density at radius 2 is 0.514 bits per heavy atom. The average molecular weight is 1190 g/mol. The maximum atomic E-state index is 11.0. The average Bonchev–Trinajstić information content (AvgIpc) is 4.16. The second kappa shape index (κ2) is 17.1. The second-order valence-electron chi connectivity index (χ2n) is 17.7. The molecule has 0 atom stereocenters. The summed E-state index contributed by atoms with van der Waals surface area (Å²) in [5.74, 6) is 0.400. The second-order valence-corrected chi connectivity index (χ2v) is 21.1. The third-order valence-electron chi connectivity index (χ3n) is 13.6. The highest BCUT2D eigenvalue weighted by Gasteiger charge is 2.30. The number of phenolic OH excluding ortho intramolecular Hbond substituents is 4. The monoisotopic (exact) mass is 1190 g/mol. The predicted molar refractivity (Wildman–Crippen MR) is 304 cm³/mol. The first-order valence-electron chi connectivity index (χ1n) is 22.8. The smallest absolute Gasteiger partial charge is 0.129 e. The number of halogens is 4. The molecule has 6 N–H and O–H groups in total. The summed E-state index contributed by atoms with van der Waals surface area (Å²) in [6.07, 6.45) is 0. The minimum absolute atomic E-state index is 0.0999. The Balaban J connectivity index is 1.39. The van der Waals surface area contributed by atoms with Crippen LogP contribution in [0.25, 0.3) is 133 Å². The van der Waals surface area contributed by atoms with E-state index in [0.29, 0.717) is 40.7 Å². The van der Waals surface area contributed by atoms with E-state index < -0.39 is 0 Å². The third kappa shape index (κ3) is 6.95. The Kier molecular flexibility index (Phi) is 10.6. The van der Waals surface area contributed by atoms with Crippen LogP contribution >= 0.6 is 63.7 Å². The summed E-state index contributed by atoms with van der Waals surface area (Å²) in [6.45, 7) is 0. The fourth-order valence-electron chi connectivity index (χ4n) is 10.4. The van der Waals surface area contributed by atoms with Crippen LogP contribution in [-0.2, 0) is 0 Å². The molecule has 0 radical (unpaired) electrons. The van der Waals surface area contributed by atoms with Crippen molar-refractivity contribution >= 4 is 107 Å². The molecule has 8 bridgehead atoms. The van der Waals surface area contributed by atoms with Crippen LogP contribution in [-0.4, -0.2) is 40.4 Å². The summed E-state index contributed by atoms with van der Waals surface area (Å²) < 4.78 is 2.08. The zero-order chi connectivity index (χ0) is 49.1. The summed E-state index contributed by atoms with van der Waals surface area (Å²) in [5, 5.41) is 47.6. The lowest BCUT2D eigenvalue weighted by Crippen LogP contribution is -1.88. The molecule has 1 aliphatic carbocycles. The minimum atomic E-state index is 0.0999. The number of rotatable bonds is 4. The predicted octanol–water partition coefficient (Wildman–Crippen LogP) is 17.8. The Bertz CT molecular complexity index is 3810. The van der Waals surface area contributed by atoms with E-state index in [1.807, 2.05) is 97.1 Å². The van der Waals surface area contributed by atoms with E-state index in [-0.39, 0.29) is 23.0 Å². The van der Waals surface area contributed by atoms with Crippen molar-refractivity contribution in [3.05, 3.63) is 188 Å². The molecule has 0 fully saturated rings. The van der Waals surface area contributed by atoms with Crippen molar-refractivity contribution in [2.24, 2.45) is 0 Å². The molecule has 10 aromatic rings. The van der Waals surface area contributed by atoms with Crippen molar-refractivity contribution in [1.29, 1.82) is 0 Å². The molecule has 12 heteroatoms. The van der Waals surface area contributed by atoms with Gasteiger partial charge < -0.3 is 30.4 Å². The van der Waals surface area contributed by atoms with Crippen LogP contribution in [0, 0.1) is 0 Å². The molecule has 3 aliphatic rings. The third-order valence-corrected chi connectivity index (χ3v) is 16.2. The van der Waals surface area contributed by atoms with Crippen LogP contribution in [0.2, 0.25) is 0 Å². The number of H-pyrrole nitrogens is 2. The SMILES string of the molecule is Oc1ccc(-c2c3nc(c(-c4ccc(O)c(Br)c4)c4[nH]c(c(-c5ccc(O)c(Br)c5)c5nc(c(-c6ccc(O)c(Br)c6)c6[nH]c2c2ccccc62)-c2ccccc2-5)c2ccccc42)-c2ccccc2-3)cc1Br. The standard InChI is InChI=1S/C60H34Br4N4O4/c61-41-25-29(17-21-45(41)69)49-53-33-9-1-2-10-34(33)54(65-53)50(30-18-22-46(70)42(62)26-30)56-37-13-5-6-14-38(37)58(67-56)52(32-20-24-48(72)44(64)28-32)60-40-16-8-7-15-39(40)59(68-60)51(31-19-23-47(71)43(63)27-31)57-36-12-4-3-11-35(36)55(49)66-57/h1-28,65,68-72H. The summed E-state index contributed by atoms with van der Waals surface area (Å²) in [6, 6.07) is 55.2. The fourth-order valence-corrected chi connectivity index (χ4v) is 11.9. The van der Waals surface area contributed by atoms with Crippen LogP contribution in [0.5, 0.6) is 23.0 Å². The normalized spacial score (nSPS) is 11.8. The highest BCUT2D eigenvalue weighted by molar-refractivity contribution is 9.11. The number of aromatic amines is 2. The van der Waals surface area contributed by atoms with E-state index >= 15 is 0 Å². The van der Waals surface area contributed by atoms with Gasteiger partial charge in [-0.3, -0.25) is 0 Å². The highest BCUT2D eigenvalue weighted by Crippen LogP contribution is 2.53. The van der Waals surface area contributed by atoms with Crippen LogP contribution in [0.3, 0.4) is 0 Å². The van der Waals surface area contributed by atoms with Gasteiger partial charge in [-0.25, -0.2) is 9.97 Å². The quantitative estimate of drug-likeness (QED) is 0.104. The van der Waals surface area contributed by atoms with E-state index in [4.69, 9.17) is 9.97 Å². The van der Waals surface area contributed by atoms with E-state index in [0.717, 1.165) is 110 Å². The maximum Gasteiger partial charge on any atom is 0.129 e. The summed E-state index contributed by atoms with van der Waals surface area (Å²) in [5.41, 5.74) is 15.8. The first-order chi connectivity index (χ1) is 35.0. The number of hydrogen-bond acceptors (Lipinski definition) is 6. The lowest BCUT2D eigenvalue weighted by Gasteiger charge is -2.10. The van der Waals surface area contributed by atoms with Gasteiger partial charge in [-0.15, -0.1) is 0 Å². The summed E-state index contributed by atoms with van der Waals surface area (Å²) in [4.78, 5) is 19.6. The van der Waals surface area contributed by atoms with Crippen molar-refractivity contribution in [1.82, 2.24) is 19.9 Å². The minimum Gasteiger partial charge on any atom is -0.507 e. The Hall–Kier alpha value is -7.48. The molecule has 2 aromatic heterocycles. The number of nitrogens with one attached hydrogen (secondary N) is 2. The molecule has 4 heterocycles. The van der Waals surface area contributed by atoms with Gasteiger partial charge in [0.1, 0.15) is 23.0 Å². The molecule has 346 valence electrons. The lowest BCUT2D eigenvalue weighted by molar-refractivity contribution is 0.471. The van der Waals surface area contributed by atoms with E-state index in [1.54, 1.807) is 24.3 Å². The van der Waals surface area contributed by atoms with Crippen LogP contribution in [0.4, 0.5) is 0 Å². The van der Waals surface area contributed by atoms with Gasteiger partial charge in [-0.1, -0.05) is 121 Å². The lowest BCUT2D eigenvalue weighted by atomic mass is 9.93. The molecule has 72 heavy (non-hydrogen) atoms. The molecule has 8 nitrogen and oxygen atoms in total. The molecule has 0 unspecified atom stereocenters. The molecule has 8 aromatic carbocycles. The van der Waals surface area contributed by atoms with Crippen molar-refractivity contribution < 1.29 is 20.4 Å². The molecule has 13 rings (SSSR count). The van der Waals surface area contributed by atoms with E-state index in [2.05, 4.69) is 122 Å². The molecular formula is C60H34Br4N4O4. The molecule has 0 spiro atoms. The van der Waals surface area contributed by atoms with E-state index in [9.17, 15) is 20.4 Å². The number of aromatic nitrogens is 4. The van der Waals surface area contributed by atoms with Crippen LogP contribution in [0.1, 0.15) is 0 Å². The number of nitrogens with zero attached hydrogens (tertiary/aromatic N) is 2. The van der Waals surface area contributed by atoms with Crippen LogP contribution < -0.4 is 0 Å². The van der Waals surface area contributed by atoms with Gasteiger partial charge in [0.25, 0.3) is 0 Å². The van der Waals surface area contributed by atoms with E-state index in [1.165, 1.54) is 0 Å². The first-order valence-corrected chi connectivity index (χ1v) is 26.0. The summed E-state index contributed by atoms with van der Waals surface area (Å²) in [7, 11) is 0. The molecule has 2 aliphatic heterocycles. The van der Waals surface area contributed by atoms with Gasteiger partial charge >= 0.3 is 0 Å². The number of benzene rings is 8. The number of hydrogen-bond donors (Lipinski definition) is 6. The van der Waals surface area contributed by atoms with Crippen molar-refractivity contribution in [3.63, 3.8) is 0 Å². The topological polar surface area (TPSA) is 138 Å². The molecule has 0 saturated heterocycles. The van der Waals surface area contributed by atoms with Crippen molar-refractivity contribution in [2.75, 3.05) is 0 Å². The first kappa shape index (κ1) is 44.5.